The standard InChI is InChI=1S/C15H19N3O2/c1-15(2,14(16)19)9-18-13-11-5-4-6-12(20-3)10(11)7-8-17-13/h4-8H,9H2,1-3H3,(H2,16,19)(H,17,18). The van der Waals surface area contributed by atoms with Gasteiger partial charge in [-0.15, -0.1) is 0 Å². The number of nitrogens with zero attached hydrogens (tertiary/aromatic N) is 1. The van der Waals surface area contributed by atoms with Gasteiger partial charge in [-0.05, 0) is 26.0 Å². The molecule has 0 spiro atoms. The molecule has 2 rings (SSSR count). The number of benzene rings is 1. The van der Waals surface area contributed by atoms with Gasteiger partial charge in [-0.1, -0.05) is 12.1 Å². The fraction of sp³-hybridized carbons (Fsp3) is 0.333. The topological polar surface area (TPSA) is 77.2 Å². The van der Waals surface area contributed by atoms with Gasteiger partial charge in [0.25, 0.3) is 0 Å². The summed E-state index contributed by atoms with van der Waals surface area (Å²) in [6.45, 7) is 4.02. The summed E-state index contributed by atoms with van der Waals surface area (Å²) in [5, 5.41) is 5.12. The fourth-order valence-corrected chi connectivity index (χ4v) is 1.89. The number of nitrogens with two attached hydrogens (primary N) is 1. The number of hydrogen-bond acceptors (Lipinski definition) is 4. The number of aromatic nitrogens is 1. The molecule has 106 valence electrons. The Morgan fingerprint density at radius 2 is 2.10 bits per heavy atom. The minimum atomic E-state index is -0.636. The Hall–Kier alpha value is -2.30. The van der Waals surface area contributed by atoms with Gasteiger partial charge in [0.15, 0.2) is 0 Å². The molecule has 0 aliphatic carbocycles. The van der Waals surface area contributed by atoms with Crippen LogP contribution in [0.15, 0.2) is 30.5 Å². The van der Waals surface area contributed by atoms with Crippen molar-refractivity contribution in [2.24, 2.45) is 11.1 Å². The predicted octanol–water partition coefficient (Wildman–Crippen LogP) is 2.17. The zero-order chi connectivity index (χ0) is 14.8. The highest BCUT2D eigenvalue weighted by Gasteiger charge is 2.24. The zero-order valence-electron chi connectivity index (χ0n) is 11.9. The summed E-state index contributed by atoms with van der Waals surface area (Å²) >= 11 is 0. The van der Waals surface area contributed by atoms with Crippen molar-refractivity contribution >= 4 is 22.5 Å². The minimum Gasteiger partial charge on any atom is -0.496 e. The molecule has 5 heteroatoms. The molecule has 0 saturated heterocycles. The number of nitrogens with one attached hydrogen (secondary N) is 1. The summed E-state index contributed by atoms with van der Waals surface area (Å²) in [7, 11) is 1.64. The molecule has 0 radical (unpaired) electrons. The quantitative estimate of drug-likeness (QED) is 0.875. The maximum atomic E-state index is 11.3. The monoisotopic (exact) mass is 273 g/mol. The van der Waals surface area contributed by atoms with Gasteiger partial charge < -0.3 is 15.8 Å². The Balaban J connectivity index is 2.34. The lowest BCUT2D eigenvalue weighted by molar-refractivity contribution is -0.125. The van der Waals surface area contributed by atoms with E-state index in [1.807, 2.05) is 24.3 Å². The molecule has 0 aliphatic rings. The molecule has 0 saturated carbocycles. The molecule has 0 fully saturated rings. The summed E-state index contributed by atoms with van der Waals surface area (Å²) in [6, 6.07) is 7.68. The molecule has 5 nitrogen and oxygen atoms in total. The number of carbonyl (C=O) groups excluding carboxylic acids is 1. The van der Waals surface area contributed by atoms with Crippen LogP contribution in [0.2, 0.25) is 0 Å². The fourth-order valence-electron chi connectivity index (χ4n) is 1.89. The molecule has 0 atom stereocenters. The number of rotatable bonds is 5. The first-order chi connectivity index (χ1) is 9.45. The number of pyridine rings is 1. The van der Waals surface area contributed by atoms with Gasteiger partial charge in [0.05, 0.1) is 12.5 Å². The third-order valence-electron chi connectivity index (χ3n) is 3.35. The van der Waals surface area contributed by atoms with E-state index in [0.29, 0.717) is 6.54 Å². The average molecular weight is 273 g/mol. The van der Waals surface area contributed by atoms with Crippen molar-refractivity contribution in [3.8, 4) is 5.75 Å². The van der Waals surface area contributed by atoms with Crippen molar-refractivity contribution < 1.29 is 9.53 Å². The van der Waals surface area contributed by atoms with Gasteiger partial charge in [-0.3, -0.25) is 4.79 Å². The smallest absolute Gasteiger partial charge is 0.224 e. The highest BCUT2D eigenvalue weighted by molar-refractivity contribution is 5.96. The van der Waals surface area contributed by atoms with Gasteiger partial charge >= 0.3 is 0 Å². The van der Waals surface area contributed by atoms with E-state index in [4.69, 9.17) is 10.5 Å². The molecule has 1 aromatic heterocycles. The van der Waals surface area contributed by atoms with Gasteiger partial charge in [0, 0.05) is 23.5 Å². The Morgan fingerprint density at radius 3 is 2.75 bits per heavy atom. The highest BCUT2D eigenvalue weighted by Crippen LogP contribution is 2.29. The van der Waals surface area contributed by atoms with Crippen molar-refractivity contribution in [1.82, 2.24) is 4.98 Å². The van der Waals surface area contributed by atoms with Gasteiger partial charge in [0.2, 0.25) is 5.91 Å². The van der Waals surface area contributed by atoms with E-state index in [0.717, 1.165) is 22.3 Å². The number of primary amides is 1. The minimum absolute atomic E-state index is 0.345. The SMILES string of the molecule is COc1cccc2c(NCC(C)(C)C(N)=O)nccc12. The number of ether oxygens (including phenoxy) is 1. The van der Waals surface area contributed by atoms with Crippen LogP contribution in [0.1, 0.15) is 13.8 Å². The molecule has 1 aromatic carbocycles. The lowest BCUT2D eigenvalue weighted by Gasteiger charge is -2.21. The molecule has 2 aromatic rings. The summed E-state index contributed by atoms with van der Waals surface area (Å²) in [5.74, 6) is 1.17. The number of fused-ring (bicyclic) bond motifs is 1. The number of anilines is 1. The van der Waals surface area contributed by atoms with Gasteiger partial charge in [-0.25, -0.2) is 4.98 Å². The normalized spacial score (nSPS) is 11.3. The third kappa shape index (κ3) is 2.66. The number of carbonyl (C=O) groups is 1. The van der Waals surface area contributed by atoms with E-state index < -0.39 is 5.41 Å². The van der Waals surface area contributed by atoms with Gasteiger partial charge in [-0.2, -0.15) is 0 Å². The first-order valence-corrected chi connectivity index (χ1v) is 6.41. The van der Waals surface area contributed by atoms with Crippen LogP contribution in [-0.4, -0.2) is 24.5 Å². The maximum Gasteiger partial charge on any atom is 0.224 e. The van der Waals surface area contributed by atoms with Crippen LogP contribution in [0.25, 0.3) is 10.8 Å². The maximum absolute atomic E-state index is 11.3. The van der Waals surface area contributed by atoms with Crippen LogP contribution < -0.4 is 15.8 Å². The zero-order valence-corrected chi connectivity index (χ0v) is 11.9. The number of amides is 1. The Labute approximate surface area is 118 Å². The first kappa shape index (κ1) is 14.1. The second-order valence-corrected chi connectivity index (χ2v) is 5.32. The highest BCUT2D eigenvalue weighted by atomic mass is 16.5. The summed E-state index contributed by atoms with van der Waals surface area (Å²) in [4.78, 5) is 15.7. The summed E-state index contributed by atoms with van der Waals surface area (Å²) in [6.07, 6.45) is 1.71. The van der Waals surface area contributed by atoms with E-state index in [-0.39, 0.29) is 5.91 Å². The number of methoxy groups -OCH3 is 1. The Kier molecular flexibility index (Phi) is 3.79. The molecule has 1 amide bonds. The second kappa shape index (κ2) is 5.36. The molecular weight excluding hydrogens is 254 g/mol. The lowest BCUT2D eigenvalue weighted by atomic mass is 9.93. The van der Waals surface area contributed by atoms with E-state index in [1.165, 1.54) is 0 Å². The van der Waals surface area contributed by atoms with Crippen molar-refractivity contribution in [2.75, 3.05) is 19.0 Å². The third-order valence-corrected chi connectivity index (χ3v) is 3.35. The molecule has 0 unspecified atom stereocenters. The van der Waals surface area contributed by atoms with E-state index in [1.54, 1.807) is 27.2 Å². The molecule has 0 bridgehead atoms. The van der Waals surface area contributed by atoms with E-state index >= 15 is 0 Å². The Bertz CT molecular complexity index is 638. The largest absolute Gasteiger partial charge is 0.496 e. The van der Waals surface area contributed by atoms with E-state index in [2.05, 4.69) is 10.3 Å². The molecule has 3 N–H and O–H groups in total. The molecule has 1 heterocycles. The van der Waals surface area contributed by atoms with Crippen LogP contribution in [-0.2, 0) is 4.79 Å². The summed E-state index contributed by atoms with van der Waals surface area (Å²) in [5.41, 5.74) is 4.74. The van der Waals surface area contributed by atoms with Gasteiger partial charge in [0.1, 0.15) is 11.6 Å². The summed E-state index contributed by atoms with van der Waals surface area (Å²) < 4.78 is 5.34. The van der Waals surface area contributed by atoms with Crippen LogP contribution in [0, 0.1) is 5.41 Å². The molecule has 20 heavy (non-hydrogen) atoms. The van der Waals surface area contributed by atoms with Crippen LogP contribution in [0.3, 0.4) is 0 Å². The van der Waals surface area contributed by atoms with Crippen molar-refractivity contribution in [1.29, 1.82) is 0 Å². The molecular formula is C15H19N3O2. The Morgan fingerprint density at radius 1 is 1.35 bits per heavy atom. The van der Waals surface area contributed by atoms with Crippen LogP contribution in [0.5, 0.6) is 5.75 Å². The van der Waals surface area contributed by atoms with E-state index in [9.17, 15) is 4.79 Å². The predicted molar refractivity (Wildman–Crippen MR) is 79.8 cm³/mol. The van der Waals surface area contributed by atoms with Crippen molar-refractivity contribution in [3.63, 3.8) is 0 Å². The lowest BCUT2D eigenvalue weighted by Crippen LogP contribution is -2.37. The van der Waals surface area contributed by atoms with Crippen LogP contribution >= 0.6 is 0 Å². The first-order valence-electron chi connectivity index (χ1n) is 6.41. The number of hydrogen-bond donors (Lipinski definition) is 2. The molecule has 0 aliphatic heterocycles. The van der Waals surface area contributed by atoms with Crippen LogP contribution in [0.4, 0.5) is 5.82 Å². The van der Waals surface area contributed by atoms with Crippen molar-refractivity contribution in [3.05, 3.63) is 30.5 Å². The second-order valence-electron chi connectivity index (χ2n) is 5.32. The average Bonchev–Trinajstić information content (AvgIpc) is 2.44. The van der Waals surface area contributed by atoms with Crippen molar-refractivity contribution in [2.45, 2.75) is 13.8 Å².